The van der Waals surface area contributed by atoms with Gasteiger partial charge in [-0.25, -0.2) is 4.39 Å². The summed E-state index contributed by atoms with van der Waals surface area (Å²) in [5.41, 5.74) is 1.13. The van der Waals surface area contributed by atoms with Gasteiger partial charge in [-0.2, -0.15) is 4.98 Å². The lowest BCUT2D eigenvalue weighted by Gasteiger charge is -1.99. The van der Waals surface area contributed by atoms with Crippen molar-refractivity contribution in [2.24, 2.45) is 0 Å². The number of pyridine rings is 1. The Morgan fingerprint density at radius 2 is 1.92 bits per heavy atom. The SMILES string of the molecule is O=c1c(-c2nc(-c3ccc(Br)cc3)no2)c[nH]c2ccc(F)cc12. The number of benzene rings is 2. The largest absolute Gasteiger partial charge is 0.360 e. The summed E-state index contributed by atoms with van der Waals surface area (Å²) in [5.74, 6) is -0.0252. The van der Waals surface area contributed by atoms with E-state index in [9.17, 15) is 9.18 Å². The summed E-state index contributed by atoms with van der Waals surface area (Å²) in [4.78, 5) is 19.8. The second-order valence-electron chi connectivity index (χ2n) is 5.15. The zero-order valence-corrected chi connectivity index (χ0v) is 13.7. The van der Waals surface area contributed by atoms with Crippen LogP contribution in [0.4, 0.5) is 4.39 Å². The first kappa shape index (κ1) is 14.8. The summed E-state index contributed by atoms with van der Waals surface area (Å²) in [7, 11) is 0. The second-order valence-corrected chi connectivity index (χ2v) is 6.07. The lowest BCUT2D eigenvalue weighted by atomic mass is 10.1. The van der Waals surface area contributed by atoms with E-state index in [-0.39, 0.29) is 22.3 Å². The number of nitrogens with zero attached hydrogens (tertiary/aromatic N) is 2. The molecule has 2 aromatic carbocycles. The molecule has 0 spiro atoms. The highest BCUT2D eigenvalue weighted by atomic mass is 79.9. The minimum Gasteiger partial charge on any atom is -0.360 e. The summed E-state index contributed by atoms with van der Waals surface area (Å²) < 4.78 is 19.5. The number of aromatic amines is 1. The Morgan fingerprint density at radius 3 is 2.71 bits per heavy atom. The zero-order chi connectivity index (χ0) is 16.7. The standard InChI is InChI=1S/C17H9BrFN3O2/c18-10-3-1-9(2-4-10)16-21-17(24-22-16)13-8-20-14-6-5-11(19)7-12(14)15(13)23/h1-8H,(H,20,23). The zero-order valence-electron chi connectivity index (χ0n) is 12.1. The van der Waals surface area contributed by atoms with Crippen molar-refractivity contribution in [2.75, 3.05) is 0 Å². The first-order chi connectivity index (χ1) is 11.6. The van der Waals surface area contributed by atoms with Gasteiger partial charge in [0.15, 0.2) is 0 Å². The molecule has 2 heterocycles. The van der Waals surface area contributed by atoms with Crippen LogP contribution in [0.25, 0.3) is 33.7 Å². The van der Waals surface area contributed by atoms with Crippen LogP contribution in [-0.4, -0.2) is 15.1 Å². The van der Waals surface area contributed by atoms with E-state index >= 15 is 0 Å². The van der Waals surface area contributed by atoms with Gasteiger partial charge in [0.2, 0.25) is 11.3 Å². The quantitative estimate of drug-likeness (QED) is 0.562. The molecular weight excluding hydrogens is 377 g/mol. The van der Waals surface area contributed by atoms with Crippen molar-refractivity contribution in [3.8, 4) is 22.8 Å². The van der Waals surface area contributed by atoms with Gasteiger partial charge < -0.3 is 9.51 Å². The fraction of sp³-hybridized carbons (Fsp3) is 0. The fourth-order valence-electron chi connectivity index (χ4n) is 2.40. The number of hydrogen-bond donors (Lipinski definition) is 1. The van der Waals surface area contributed by atoms with Crippen molar-refractivity contribution in [1.29, 1.82) is 0 Å². The topological polar surface area (TPSA) is 71.8 Å². The number of fused-ring (bicyclic) bond motifs is 1. The number of aromatic nitrogens is 3. The summed E-state index contributed by atoms with van der Waals surface area (Å²) in [6, 6.07) is 11.4. The molecule has 5 nitrogen and oxygen atoms in total. The minimum absolute atomic E-state index is 0.0836. The molecule has 0 radical (unpaired) electrons. The minimum atomic E-state index is -0.480. The molecule has 0 amide bonds. The summed E-state index contributed by atoms with van der Waals surface area (Å²) in [6.45, 7) is 0. The molecule has 0 atom stereocenters. The molecule has 4 aromatic rings. The van der Waals surface area contributed by atoms with Crippen molar-refractivity contribution < 1.29 is 8.91 Å². The normalized spacial score (nSPS) is 11.1. The van der Waals surface area contributed by atoms with Gasteiger partial charge in [0.1, 0.15) is 11.4 Å². The summed E-state index contributed by atoms with van der Waals surface area (Å²) in [5, 5.41) is 4.14. The Labute approximate surface area is 143 Å². The average molecular weight is 386 g/mol. The van der Waals surface area contributed by atoms with Crippen molar-refractivity contribution in [1.82, 2.24) is 15.1 Å². The molecule has 0 saturated heterocycles. The van der Waals surface area contributed by atoms with Crippen molar-refractivity contribution >= 4 is 26.8 Å². The van der Waals surface area contributed by atoms with Gasteiger partial charge in [-0.05, 0) is 42.5 Å². The van der Waals surface area contributed by atoms with E-state index in [0.717, 1.165) is 10.0 Å². The number of halogens is 2. The molecule has 4 rings (SSSR count). The summed E-state index contributed by atoms with van der Waals surface area (Å²) in [6.07, 6.45) is 1.49. The third-order valence-corrected chi connectivity index (χ3v) is 4.13. The molecule has 0 fully saturated rings. The Morgan fingerprint density at radius 1 is 1.12 bits per heavy atom. The van der Waals surface area contributed by atoms with E-state index in [1.54, 1.807) is 0 Å². The van der Waals surface area contributed by atoms with E-state index in [1.165, 1.54) is 24.4 Å². The maximum Gasteiger partial charge on any atom is 0.263 e. The molecule has 0 unspecified atom stereocenters. The smallest absolute Gasteiger partial charge is 0.263 e. The van der Waals surface area contributed by atoms with E-state index in [0.29, 0.717) is 11.3 Å². The molecule has 118 valence electrons. The van der Waals surface area contributed by atoms with E-state index in [1.807, 2.05) is 24.3 Å². The molecule has 0 aliphatic rings. The van der Waals surface area contributed by atoms with Crippen LogP contribution in [0.15, 0.2) is 62.5 Å². The van der Waals surface area contributed by atoms with Crippen LogP contribution >= 0.6 is 15.9 Å². The van der Waals surface area contributed by atoms with Crippen LogP contribution in [0.2, 0.25) is 0 Å². The average Bonchev–Trinajstić information content (AvgIpc) is 3.06. The van der Waals surface area contributed by atoms with Crippen molar-refractivity contribution in [2.45, 2.75) is 0 Å². The maximum atomic E-state index is 13.4. The Kier molecular flexibility index (Phi) is 3.50. The highest BCUT2D eigenvalue weighted by Crippen LogP contribution is 2.22. The molecule has 1 N–H and O–H groups in total. The fourth-order valence-corrected chi connectivity index (χ4v) is 2.66. The predicted molar refractivity (Wildman–Crippen MR) is 91.0 cm³/mol. The first-order valence-corrected chi connectivity index (χ1v) is 7.82. The Bertz CT molecular complexity index is 1100. The maximum absolute atomic E-state index is 13.4. The molecule has 0 bridgehead atoms. The molecule has 7 heteroatoms. The van der Waals surface area contributed by atoms with E-state index in [4.69, 9.17) is 4.52 Å². The molecule has 24 heavy (non-hydrogen) atoms. The molecule has 0 saturated carbocycles. The number of H-pyrrole nitrogens is 1. The van der Waals surface area contributed by atoms with Crippen LogP contribution in [0.3, 0.4) is 0 Å². The van der Waals surface area contributed by atoms with Crippen LogP contribution < -0.4 is 5.43 Å². The first-order valence-electron chi connectivity index (χ1n) is 7.03. The Balaban J connectivity index is 1.82. The van der Waals surface area contributed by atoms with Gasteiger partial charge in [-0.15, -0.1) is 0 Å². The third-order valence-electron chi connectivity index (χ3n) is 3.60. The number of hydrogen-bond acceptors (Lipinski definition) is 4. The Hall–Kier alpha value is -2.80. The van der Waals surface area contributed by atoms with E-state index in [2.05, 4.69) is 31.1 Å². The van der Waals surface area contributed by atoms with Crippen LogP contribution in [0.1, 0.15) is 0 Å². The van der Waals surface area contributed by atoms with Gasteiger partial charge in [0, 0.05) is 27.1 Å². The van der Waals surface area contributed by atoms with Crippen molar-refractivity contribution in [3.05, 3.63) is 69.2 Å². The predicted octanol–water partition coefficient (Wildman–Crippen LogP) is 4.15. The lowest BCUT2D eigenvalue weighted by Crippen LogP contribution is -2.06. The summed E-state index contributed by atoms with van der Waals surface area (Å²) >= 11 is 3.36. The van der Waals surface area contributed by atoms with Gasteiger partial charge in [-0.3, -0.25) is 4.79 Å². The van der Waals surface area contributed by atoms with Gasteiger partial charge in [-0.1, -0.05) is 21.1 Å². The molecular formula is C17H9BrFN3O2. The van der Waals surface area contributed by atoms with Gasteiger partial charge >= 0.3 is 0 Å². The molecule has 2 aromatic heterocycles. The monoisotopic (exact) mass is 385 g/mol. The van der Waals surface area contributed by atoms with Crippen LogP contribution in [-0.2, 0) is 0 Å². The van der Waals surface area contributed by atoms with Gasteiger partial charge in [0.05, 0.1) is 0 Å². The highest BCUT2D eigenvalue weighted by molar-refractivity contribution is 9.10. The van der Waals surface area contributed by atoms with Crippen LogP contribution in [0.5, 0.6) is 0 Å². The van der Waals surface area contributed by atoms with Crippen molar-refractivity contribution in [3.63, 3.8) is 0 Å². The van der Waals surface area contributed by atoms with E-state index < -0.39 is 5.82 Å². The lowest BCUT2D eigenvalue weighted by molar-refractivity contribution is 0.432. The van der Waals surface area contributed by atoms with Gasteiger partial charge in [0.25, 0.3) is 5.89 Å². The molecule has 0 aliphatic heterocycles. The van der Waals surface area contributed by atoms with Crippen LogP contribution in [0, 0.1) is 5.82 Å². The number of nitrogens with one attached hydrogen (secondary N) is 1. The second kappa shape index (κ2) is 5.68. The highest BCUT2D eigenvalue weighted by Gasteiger charge is 2.15. The third kappa shape index (κ3) is 2.52. The molecule has 0 aliphatic carbocycles. The number of rotatable bonds is 2.